The number of alkyl halides is 3. The van der Waals surface area contributed by atoms with Gasteiger partial charge in [0.05, 0.1) is 15.6 Å². The Morgan fingerprint density at radius 2 is 2.04 bits per heavy atom. The van der Waals surface area contributed by atoms with E-state index in [1.165, 1.54) is 6.92 Å². The minimum absolute atomic E-state index is 0.267. The molecule has 1 aromatic heterocycles. The normalized spacial score (nSPS) is 21.3. The zero-order chi connectivity index (χ0) is 17.0. The smallest absolute Gasteiger partial charge is 0.433 e. The predicted molar refractivity (Wildman–Crippen MR) is 79.5 cm³/mol. The Balaban J connectivity index is 2.15. The van der Waals surface area contributed by atoms with Gasteiger partial charge >= 0.3 is 12.1 Å². The summed E-state index contributed by atoms with van der Waals surface area (Å²) in [7, 11) is 0. The van der Waals surface area contributed by atoms with Gasteiger partial charge in [0.1, 0.15) is 0 Å². The summed E-state index contributed by atoms with van der Waals surface area (Å²) in [6.07, 6.45) is -4.55. The molecule has 124 valence electrons. The molecule has 1 aliphatic rings. The third-order valence-corrected chi connectivity index (χ3v) is 4.59. The molecule has 2 heterocycles. The number of halogens is 5. The van der Waals surface area contributed by atoms with Crippen LogP contribution in [-0.4, -0.2) is 23.7 Å². The van der Waals surface area contributed by atoms with Gasteiger partial charge in [0, 0.05) is 29.6 Å². The molecule has 3 rings (SSSR count). The molecule has 1 aromatic carbocycles. The van der Waals surface area contributed by atoms with Crippen LogP contribution in [0.2, 0.25) is 10.0 Å². The summed E-state index contributed by atoms with van der Waals surface area (Å²) < 4.78 is 42.4. The number of aromatic nitrogens is 1. The Morgan fingerprint density at radius 3 is 2.70 bits per heavy atom. The largest absolute Gasteiger partial charge is 0.491 e. The highest BCUT2D eigenvalue weighted by Gasteiger charge is 2.47. The number of H-pyrrole nitrogens is 1. The molecule has 9 heteroatoms. The van der Waals surface area contributed by atoms with Gasteiger partial charge in [-0.1, -0.05) is 29.3 Å². The van der Waals surface area contributed by atoms with Crippen molar-refractivity contribution in [3.05, 3.63) is 33.4 Å². The second kappa shape index (κ2) is 5.29. The quantitative estimate of drug-likeness (QED) is 0.752. The second-order valence-electron chi connectivity index (χ2n) is 5.36. The van der Waals surface area contributed by atoms with Crippen LogP contribution in [0.1, 0.15) is 18.2 Å². The van der Waals surface area contributed by atoms with Crippen molar-refractivity contribution >= 4 is 40.1 Å². The number of rotatable bonds is 1. The number of carbonyl (C=O) groups is 1. The van der Waals surface area contributed by atoms with E-state index in [0.717, 1.165) is 0 Å². The molecule has 0 saturated heterocycles. The summed E-state index contributed by atoms with van der Waals surface area (Å²) in [5.74, 6) is -2.25. The SMILES string of the molecule is CC1(OC(=O)C(F)(F)F)NCCc2[nH]c3c(Cl)c(Cl)ccc3c21. The van der Waals surface area contributed by atoms with Crippen LogP contribution in [0.5, 0.6) is 0 Å². The van der Waals surface area contributed by atoms with Crippen molar-refractivity contribution in [1.29, 1.82) is 0 Å². The molecule has 0 bridgehead atoms. The van der Waals surface area contributed by atoms with E-state index in [0.29, 0.717) is 40.1 Å². The van der Waals surface area contributed by atoms with E-state index in [-0.39, 0.29) is 5.02 Å². The number of nitrogens with one attached hydrogen (secondary N) is 2. The minimum atomic E-state index is -5.07. The molecule has 0 aliphatic carbocycles. The molecule has 2 N–H and O–H groups in total. The predicted octanol–water partition coefficient (Wildman–Crippen LogP) is 3.90. The molecule has 0 spiro atoms. The maximum absolute atomic E-state index is 12.6. The Morgan fingerprint density at radius 1 is 1.35 bits per heavy atom. The van der Waals surface area contributed by atoms with Crippen molar-refractivity contribution in [2.45, 2.75) is 25.2 Å². The summed E-state index contributed by atoms with van der Waals surface area (Å²) >= 11 is 12.1. The average Bonchev–Trinajstić information content (AvgIpc) is 2.83. The summed E-state index contributed by atoms with van der Waals surface area (Å²) in [4.78, 5) is 14.3. The standard InChI is InChI=1S/C14H11Cl2F3N2O2/c1-13(23-12(22)14(17,18)19)9-6-2-3-7(15)10(16)11(6)21-8(9)4-5-20-13/h2-3,20-21H,4-5H2,1H3. The molecule has 1 aliphatic heterocycles. The topological polar surface area (TPSA) is 54.1 Å². The fourth-order valence-electron chi connectivity index (χ4n) is 2.83. The third-order valence-electron chi connectivity index (χ3n) is 3.78. The van der Waals surface area contributed by atoms with Gasteiger partial charge in [0.15, 0.2) is 5.72 Å². The second-order valence-corrected chi connectivity index (χ2v) is 6.14. The summed E-state index contributed by atoms with van der Waals surface area (Å²) in [6, 6.07) is 3.17. The van der Waals surface area contributed by atoms with Gasteiger partial charge in [0.2, 0.25) is 0 Å². The summed E-state index contributed by atoms with van der Waals surface area (Å²) in [5, 5.41) is 3.97. The van der Waals surface area contributed by atoms with Crippen LogP contribution in [0, 0.1) is 0 Å². The van der Waals surface area contributed by atoms with Gasteiger partial charge in [-0.15, -0.1) is 0 Å². The van der Waals surface area contributed by atoms with Crippen LogP contribution in [0.3, 0.4) is 0 Å². The molecule has 0 saturated carbocycles. The zero-order valence-corrected chi connectivity index (χ0v) is 13.3. The Hall–Kier alpha value is -1.44. The van der Waals surface area contributed by atoms with Gasteiger partial charge < -0.3 is 9.72 Å². The lowest BCUT2D eigenvalue weighted by molar-refractivity contribution is -0.217. The number of ether oxygens (including phenoxy) is 1. The highest BCUT2D eigenvalue weighted by Crippen LogP contribution is 2.41. The van der Waals surface area contributed by atoms with Gasteiger partial charge in [-0.05, 0) is 13.0 Å². The van der Waals surface area contributed by atoms with Crippen LogP contribution < -0.4 is 5.32 Å². The van der Waals surface area contributed by atoms with Crippen molar-refractivity contribution < 1.29 is 22.7 Å². The number of hydrogen-bond donors (Lipinski definition) is 2. The monoisotopic (exact) mass is 366 g/mol. The van der Waals surface area contributed by atoms with Crippen LogP contribution >= 0.6 is 23.2 Å². The fourth-order valence-corrected chi connectivity index (χ4v) is 3.20. The Labute approximate surface area is 138 Å². The molecule has 23 heavy (non-hydrogen) atoms. The lowest BCUT2D eigenvalue weighted by atomic mass is 9.95. The van der Waals surface area contributed by atoms with E-state index in [4.69, 9.17) is 27.9 Å². The molecular weight excluding hydrogens is 356 g/mol. The number of aromatic amines is 1. The number of esters is 1. The number of hydrogen-bond acceptors (Lipinski definition) is 3. The van der Waals surface area contributed by atoms with Gasteiger partial charge in [-0.25, -0.2) is 4.79 Å². The maximum atomic E-state index is 12.6. The van der Waals surface area contributed by atoms with Crippen molar-refractivity contribution in [2.24, 2.45) is 0 Å². The first kappa shape index (κ1) is 16.4. The third kappa shape index (κ3) is 2.66. The van der Waals surface area contributed by atoms with E-state index >= 15 is 0 Å². The number of benzene rings is 1. The number of fused-ring (bicyclic) bond motifs is 3. The van der Waals surface area contributed by atoms with E-state index < -0.39 is 17.9 Å². The van der Waals surface area contributed by atoms with Crippen LogP contribution in [0.15, 0.2) is 12.1 Å². The lowest BCUT2D eigenvalue weighted by Crippen LogP contribution is -2.49. The molecule has 1 unspecified atom stereocenters. The van der Waals surface area contributed by atoms with Gasteiger partial charge in [-0.2, -0.15) is 13.2 Å². The molecule has 2 aromatic rings. The van der Waals surface area contributed by atoms with E-state index in [9.17, 15) is 18.0 Å². The Kier molecular flexibility index (Phi) is 3.78. The lowest BCUT2D eigenvalue weighted by Gasteiger charge is -2.35. The van der Waals surface area contributed by atoms with Crippen molar-refractivity contribution in [3.63, 3.8) is 0 Å². The first-order chi connectivity index (χ1) is 10.6. The fraction of sp³-hybridized carbons (Fsp3) is 0.357. The van der Waals surface area contributed by atoms with Crippen LogP contribution in [-0.2, 0) is 21.7 Å². The zero-order valence-electron chi connectivity index (χ0n) is 11.8. The van der Waals surface area contributed by atoms with E-state index in [2.05, 4.69) is 10.3 Å². The molecule has 0 amide bonds. The average molecular weight is 367 g/mol. The summed E-state index contributed by atoms with van der Waals surface area (Å²) in [6.45, 7) is 1.72. The molecule has 0 fully saturated rings. The first-order valence-corrected chi connectivity index (χ1v) is 7.43. The van der Waals surface area contributed by atoms with Crippen LogP contribution in [0.25, 0.3) is 10.9 Å². The van der Waals surface area contributed by atoms with Gasteiger partial charge in [0.25, 0.3) is 0 Å². The number of carbonyl (C=O) groups excluding carboxylic acids is 1. The molecule has 4 nitrogen and oxygen atoms in total. The van der Waals surface area contributed by atoms with Gasteiger partial charge in [-0.3, -0.25) is 5.32 Å². The van der Waals surface area contributed by atoms with Crippen LogP contribution in [0.4, 0.5) is 13.2 Å². The highest BCUT2D eigenvalue weighted by molar-refractivity contribution is 6.45. The minimum Gasteiger partial charge on any atom is -0.433 e. The highest BCUT2D eigenvalue weighted by atomic mass is 35.5. The van der Waals surface area contributed by atoms with E-state index in [1.807, 2.05) is 0 Å². The van der Waals surface area contributed by atoms with Crippen molar-refractivity contribution in [1.82, 2.24) is 10.3 Å². The maximum Gasteiger partial charge on any atom is 0.491 e. The van der Waals surface area contributed by atoms with E-state index in [1.54, 1.807) is 12.1 Å². The van der Waals surface area contributed by atoms with Crippen molar-refractivity contribution in [3.8, 4) is 0 Å². The van der Waals surface area contributed by atoms with Crippen molar-refractivity contribution in [2.75, 3.05) is 6.54 Å². The molecule has 1 atom stereocenters. The molecular formula is C14H11Cl2F3N2O2. The summed E-state index contributed by atoms with van der Waals surface area (Å²) in [5.41, 5.74) is -0.0345. The molecule has 0 radical (unpaired) electrons. The first-order valence-electron chi connectivity index (χ1n) is 6.68. The Bertz CT molecular complexity index is 803.